The highest BCUT2D eigenvalue weighted by molar-refractivity contribution is 5.91. The van der Waals surface area contributed by atoms with Gasteiger partial charge in [0.05, 0.1) is 11.6 Å². The van der Waals surface area contributed by atoms with Crippen molar-refractivity contribution in [3.8, 4) is 5.75 Å². The predicted octanol–water partition coefficient (Wildman–Crippen LogP) is 3.49. The van der Waals surface area contributed by atoms with Crippen LogP contribution >= 0.6 is 0 Å². The van der Waals surface area contributed by atoms with Gasteiger partial charge in [0.2, 0.25) is 5.91 Å². The number of fused-ring (bicyclic) bond motifs is 3. The second-order valence-electron chi connectivity index (χ2n) is 8.66. The average molecular weight is 432 g/mol. The van der Waals surface area contributed by atoms with Gasteiger partial charge in [-0.2, -0.15) is 4.98 Å². The first kappa shape index (κ1) is 19.1. The Labute approximate surface area is 182 Å². The maximum atomic E-state index is 13.7. The molecule has 9 heteroatoms. The van der Waals surface area contributed by atoms with E-state index in [1.807, 2.05) is 6.92 Å². The van der Waals surface area contributed by atoms with Crippen LogP contribution in [0.15, 0.2) is 48.9 Å². The fraction of sp³-hybridized carbons (Fsp3) is 0.348. The maximum Gasteiger partial charge on any atom is 0.253 e. The smallest absolute Gasteiger partial charge is 0.253 e. The first-order chi connectivity index (χ1) is 15.6. The molecule has 3 heterocycles. The van der Waals surface area contributed by atoms with E-state index in [0.29, 0.717) is 40.2 Å². The van der Waals surface area contributed by atoms with Gasteiger partial charge < -0.3 is 4.74 Å². The number of hydrogen-bond acceptors (Lipinski definition) is 6. The molecule has 1 unspecified atom stereocenters. The first-order valence-electron chi connectivity index (χ1n) is 10.8. The predicted molar refractivity (Wildman–Crippen MR) is 114 cm³/mol. The molecule has 5 atom stereocenters. The van der Waals surface area contributed by atoms with Gasteiger partial charge in [0.15, 0.2) is 0 Å². The van der Waals surface area contributed by atoms with Crippen LogP contribution in [0, 0.1) is 29.5 Å². The lowest BCUT2D eigenvalue weighted by molar-refractivity contribution is -0.120. The van der Waals surface area contributed by atoms with Gasteiger partial charge in [-0.1, -0.05) is 6.92 Å². The van der Waals surface area contributed by atoms with Crippen molar-refractivity contribution in [3.63, 3.8) is 0 Å². The average Bonchev–Trinajstić information content (AvgIpc) is 3.10. The highest BCUT2D eigenvalue weighted by Crippen LogP contribution is 2.61. The number of benzene rings is 1. The lowest BCUT2D eigenvalue weighted by Crippen LogP contribution is -2.26. The third-order valence-electron chi connectivity index (χ3n) is 6.77. The number of hydrogen-bond donors (Lipinski definition) is 1. The molecule has 0 radical (unpaired) electrons. The van der Waals surface area contributed by atoms with E-state index in [0.717, 1.165) is 12.8 Å². The van der Waals surface area contributed by atoms with E-state index in [4.69, 9.17) is 4.74 Å². The van der Waals surface area contributed by atoms with Crippen molar-refractivity contribution in [2.45, 2.75) is 25.9 Å². The van der Waals surface area contributed by atoms with Gasteiger partial charge >= 0.3 is 0 Å². The molecule has 0 aliphatic heterocycles. The number of anilines is 1. The SMILES string of the molecule is CC(C(=O)Nc1nc2ncccn2n1)[C@H]1[C@@H]2C[C@@H](Oc3ccnc4ccc(F)cc34)C[C@@H]21. The number of carbonyl (C=O) groups excluding carboxylic acids is 1. The van der Waals surface area contributed by atoms with E-state index < -0.39 is 0 Å². The molecule has 0 saturated heterocycles. The van der Waals surface area contributed by atoms with Gasteiger partial charge in [0.25, 0.3) is 11.7 Å². The molecular formula is C23H21FN6O2. The normalized spacial score (nSPS) is 24.9. The van der Waals surface area contributed by atoms with Gasteiger partial charge in [0.1, 0.15) is 11.6 Å². The Morgan fingerprint density at radius 3 is 2.88 bits per heavy atom. The number of nitrogens with one attached hydrogen (secondary N) is 1. The van der Waals surface area contributed by atoms with Gasteiger partial charge in [-0.15, -0.1) is 5.10 Å². The number of aromatic nitrogens is 5. The Balaban J connectivity index is 1.08. The largest absolute Gasteiger partial charge is 0.490 e. The standard InChI is InChI=1S/C23H21FN6O2/c1-12(21(31)27-22-28-23-26-6-2-8-30(23)29-22)20-15-10-14(11-16(15)20)32-19-5-7-25-18-4-3-13(24)9-17(18)19/h2-9,12,14-16,20H,10-11H2,1H3,(H,27,29,31)/t12?,14-,15-,16+,20+. The third-order valence-corrected chi connectivity index (χ3v) is 6.77. The monoisotopic (exact) mass is 432 g/mol. The molecule has 0 spiro atoms. The molecule has 2 saturated carbocycles. The van der Waals surface area contributed by atoms with E-state index in [1.54, 1.807) is 36.8 Å². The lowest BCUT2D eigenvalue weighted by atomic mass is 9.97. The Bertz CT molecular complexity index is 1300. The molecule has 4 aromatic rings. The number of pyridine rings is 1. The Hall–Kier alpha value is -3.62. The lowest BCUT2D eigenvalue weighted by Gasteiger charge is -2.20. The van der Waals surface area contributed by atoms with Gasteiger partial charge in [-0.25, -0.2) is 13.9 Å². The first-order valence-corrected chi connectivity index (χ1v) is 10.8. The quantitative estimate of drug-likeness (QED) is 0.519. The van der Waals surface area contributed by atoms with E-state index >= 15 is 0 Å². The molecule has 32 heavy (non-hydrogen) atoms. The highest BCUT2D eigenvalue weighted by Gasteiger charge is 2.59. The topological polar surface area (TPSA) is 94.3 Å². The summed E-state index contributed by atoms with van der Waals surface area (Å²) in [6, 6.07) is 8.07. The molecule has 1 aromatic carbocycles. The minimum absolute atomic E-state index is 0.0663. The minimum Gasteiger partial charge on any atom is -0.490 e. The summed E-state index contributed by atoms with van der Waals surface area (Å²) in [6.45, 7) is 1.96. The molecule has 6 rings (SSSR count). The van der Waals surface area contributed by atoms with Crippen molar-refractivity contribution < 1.29 is 13.9 Å². The van der Waals surface area contributed by atoms with Crippen LogP contribution in [0.2, 0.25) is 0 Å². The van der Waals surface area contributed by atoms with Crippen LogP contribution in [0.5, 0.6) is 5.75 Å². The Morgan fingerprint density at radius 1 is 1.22 bits per heavy atom. The summed E-state index contributed by atoms with van der Waals surface area (Å²) in [5, 5.41) is 7.75. The van der Waals surface area contributed by atoms with E-state index in [9.17, 15) is 9.18 Å². The molecule has 1 amide bonds. The van der Waals surface area contributed by atoms with Crippen molar-refractivity contribution in [1.82, 2.24) is 24.6 Å². The van der Waals surface area contributed by atoms with Crippen LogP contribution in [0.25, 0.3) is 16.7 Å². The zero-order valence-corrected chi connectivity index (χ0v) is 17.4. The Kier molecular flexibility index (Phi) is 4.31. The Morgan fingerprint density at radius 2 is 2.06 bits per heavy atom. The summed E-state index contributed by atoms with van der Waals surface area (Å²) >= 11 is 0. The molecule has 2 aliphatic carbocycles. The summed E-state index contributed by atoms with van der Waals surface area (Å²) in [5.41, 5.74) is 0.714. The summed E-state index contributed by atoms with van der Waals surface area (Å²) < 4.78 is 21.5. The number of carbonyl (C=O) groups is 1. The minimum atomic E-state index is -0.305. The van der Waals surface area contributed by atoms with Crippen LogP contribution in [0.1, 0.15) is 19.8 Å². The number of rotatable bonds is 5. The van der Waals surface area contributed by atoms with E-state index in [1.165, 1.54) is 16.6 Å². The van der Waals surface area contributed by atoms with Crippen molar-refractivity contribution in [1.29, 1.82) is 0 Å². The second-order valence-corrected chi connectivity index (χ2v) is 8.66. The molecule has 1 N–H and O–H groups in total. The van der Waals surface area contributed by atoms with Crippen LogP contribution in [0.3, 0.4) is 0 Å². The van der Waals surface area contributed by atoms with Crippen LogP contribution in [-0.2, 0) is 4.79 Å². The molecule has 2 fully saturated rings. The van der Waals surface area contributed by atoms with Crippen molar-refractivity contribution in [2.75, 3.05) is 5.32 Å². The summed E-state index contributed by atoms with van der Waals surface area (Å²) in [6.07, 6.45) is 6.90. The molecular weight excluding hydrogens is 411 g/mol. The number of amides is 1. The second kappa shape index (κ2) is 7.22. The summed E-state index contributed by atoms with van der Waals surface area (Å²) in [5.74, 6) is 2.11. The van der Waals surface area contributed by atoms with Crippen molar-refractivity contribution in [3.05, 3.63) is 54.7 Å². The molecule has 2 aliphatic rings. The number of halogens is 1. The fourth-order valence-corrected chi connectivity index (χ4v) is 5.24. The van der Waals surface area contributed by atoms with Crippen LogP contribution in [0.4, 0.5) is 10.3 Å². The molecule has 8 nitrogen and oxygen atoms in total. The van der Waals surface area contributed by atoms with E-state index in [2.05, 4.69) is 25.4 Å². The van der Waals surface area contributed by atoms with Gasteiger partial charge in [-0.3, -0.25) is 15.1 Å². The summed E-state index contributed by atoms with van der Waals surface area (Å²) in [4.78, 5) is 25.4. The van der Waals surface area contributed by atoms with Crippen molar-refractivity contribution >= 4 is 28.5 Å². The van der Waals surface area contributed by atoms with Gasteiger partial charge in [0, 0.05) is 29.9 Å². The van der Waals surface area contributed by atoms with Gasteiger partial charge in [-0.05, 0) is 60.9 Å². The van der Waals surface area contributed by atoms with Crippen LogP contribution < -0.4 is 10.1 Å². The molecule has 3 aromatic heterocycles. The highest BCUT2D eigenvalue weighted by atomic mass is 19.1. The molecule has 162 valence electrons. The molecule has 0 bridgehead atoms. The van der Waals surface area contributed by atoms with Crippen molar-refractivity contribution in [2.24, 2.45) is 23.7 Å². The third kappa shape index (κ3) is 3.24. The zero-order chi connectivity index (χ0) is 21.8. The van der Waals surface area contributed by atoms with Crippen LogP contribution in [-0.4, -0.2) is 36.6 Å². The maximum absolute atomic E-state index is 13.7. The summed E-state index contributed by atoms with van der Waals surface area (Å²) in [7, 11) is 0. The number of nitrogens with zero attached hydrogens (tertiary/aromatic N) is 5. The zero-order valence-electron chi connectivity index (χ0n) is 17.4. The number of ether oxygens (including phenoxy) is 1. The fourth-order valence-electron chi connectivity index (χ4n) is 5.24. The van der Waals surface area contributed by atoms with E-state index in [-0.39, 0.29) is 29.7 Å².